The zero-order valence-electron chi connectivity index (χ0n) is 20.0. The highest BCUT2D eigenvalue weighted by Crippen LogP contribution is 2.42. The van der Waals surface area contributed by atoms with Gasteiger partial charge in [0.25, 0.3) is 17.1 Å². The van der Waals surface area contributed by atoms with Crippen LogP contribution in [0.25, 0.3) is 16.5 Å². The number of hydrogen-bond donors (Lipinski definition) is 2. The number of allylic oxidation sites excluding steroid dienone is 1. The Labute approximate surface area is 225 Å². The molecule has 9 nitrogen and oxygen atoms in total. The van der Waals surface area contributed by atoms with Gasteiger partial charge in [0, 0.05) is 5.39 Å². The lowest BCUT2D eigenvalue weighted by atomic mass is 9.92. The second-order valence-corrected chi connectivity index (χ2v) is 11.3. The summed E-state index contributed by atoms with van der Waals surface area (Å²) in [6.07, 6.45) is -8.91. The zero-order chi connectivity index (χ0) is 29.6. The Morgan fingerprint density at radius 1 is 1.05 bits per heavy atom. The van der Waals surface area contributed by atoms with Crippen LogP contribution >= 0.6 is 11.8 Å². The average molecular weight is 607 g/mol. The second kappa shape index (κ2) is 10.3. The third-order valence-corrected chi connectivity index (χ3v) is 7.24. The van der Waals surface area contributed by atoms with Gasteiger partial charge in [-0.2, -0.15) is 31.4 Å². The molecule has 1 fully saturated rings. The van der Waals surface area contributed by atoms with Gasteiger partial charge in [-0.1, -0.05) is 12.1 Å². The van der Waals surface area contributed by atoms with E-state index in [2.05, 4.69) is 10.2 Å². The maximum atomic E-state index is 13.9. The number of thioether (sulfide) groups is 1. The van der Waals surface area contributed by atoms with E-state index in [9.17, 15) is 49.1 Å². The molecule has 0 atom stereocenters. The predicted octanol–water partition coefficient (Wildman–Crippen LogP) is 4.33. The molecule has 4 rings (SSSR count). The molecule has 3 aromatic rings. The van der Waals surface area contributed by atoms with Gasteiger partial charge in [0.15, 0.2) is 0 Å². The summed E-state index contributed by atoms with van der Waals surface area (Å²) >= 11 is 0.295. The van der Waals surface area contributed by atoms with Crippen molar-refractivity contribution in [3.05, 3.63) is 69.8 Å². The number of hydrogen-bond acceptors (Lipinski definition) is 7. The Morgan fingerprint density at radius 2 is 1.75 bits per heavy atom. The van der Waals surface area contributed by atoms with Crippen LogP contribution in [0.2, 0.25) is 0 Å². The molecule has 17 heteroatoms. The van der Waals surface area contributed by atoms with E-state index in [1.54, 1.807) is 4.72 Å². The Kier molecular flexibility index (Phi) is 7.48. The van der Waals surface area contributed by atoms with E-state index in [0.29, 0.717) is 46.0 Å². The van der Waals surface area contributed by atoms with Crippen LogP contribution in [0.1, 0.15) is 22.3 Å². The lowest BCUT2D eigenvalue weighted by Gasteiger charge is -2.18. The van der Waals surface area contributed by atoms with Gasteiger partial charge in [-0.25, -0.2) is 8.42 Å². The maximum Gasteiger partial charge on any atom is 0.416 e. The number of imide groups is 1. The lowest BCUT2D eigenvalue weighted by Crippen LogP contribution is -2.41. The largest absolute Gasteiger partial charge is 0.416 e. The fraction of sp³-hybridized carbons (Fsp3) is 0.217. The van der Waals surface area contributed by atoms with Gasteiger partial charge < -0.3 is 0 Å². The van der Waals surface area contributed by atoms with Crippen molar-refractivity contribution in [2.45, 2.75) is 18.8 Å². The molecule has 1 saturated heterocycles. The molecule has 1 aliphatic heterocycles. The van der Waals surface area contributed by atoms with Crippen molar-refractivity contribution >= 4 is 55.3 Å². The summed E-state index contributed by atoms with van der Waals surface area (Å²) in [4.78, 5) is 37.9. The Hall–Kier alpha value is -3.86. The number of aromatic amines is 1. The van der Waals surface area contributed by atoms with Crippen LogP contribution in [-0.4, -0.2) is 53.4 Å². The molecule has 0 unspecified atom stereocenters. The summed E-state index contributed by atoms with van der Waals surface area (Å²) in [6, 6.07) is 5.45. The number of halogens is 6. The molecule has 2 N–H and O–H groups in total. The number of nitrogens with zero attached hydrogens (tertiary/aromatic N) is 2. The van der Waals surface area contributed by atoms with E-state index >= 15 is 0 Å². The van der Waals surface area contributed by atoms with E-state index in [-0.39, 0.29) is 22.1 Å². The summed E-state index contributed by atoms with van der Waals surface area (Å²) < 4.78 is 105. The van der Waals surface area contributed by atoms with Gasteiger partial charge in [-0.3, -0.25) is 29.1 Å². The van der Waals surface area contributed by atoms with Crippen molar-refractivity contribution < 1.29 is 49.1 Å². The fourth-order valence-electron chi connectivity index (χ4n) is 3.91. The number of fused-ring (bicyclic) bond motifs is 1. The summed E-state index contributed by atoms with van der Waals surface area (Å²) in [5.74, 6) is -2.31. The Morgan fingerprint density at radius 3 is 2.38 bits per heavy atom. The number of amides is 3. The van der Waals surface area contributed by atoms with Crippen LogP contribution in [0.4, 0.5) is 31.1 Å². The Bertz CT molecular complexity index is 1680. The molecule has 1 aromatic heterocycles. The van der Waals surface area contributed by atoms with Crippen LogP contribution in [0.3, 0.4) is 0 Å². The van der Waals surface area contributed by atoms with Crippen molar-refractivity contribution in [2.24, 2.45) is 0 Å². The van der Waals surface area contributed by atoms with Crippen molar-refractivity contribution in [1.82, 2.24) is 19.8 Å². The van der Waals surface area contributed by atoms with E-state index in [1.165, 1.54) is 24.4 Å². The summed E-state index contributed by atoms with van der Waals surface area (Å²) in [6.45, 7) is -0.997. The quantitative estimate of drug-likeness (QED) is 0.316. The number of nitrogens with one attached hydrogen (secondary N) is 2. The minimum absolute atomic E-state index is 0.0342. The lowest BCUT2D eigenvalue weighted by molar-refractivity contribution is -0.143. The zero-order valence-corrected chi connectivity index (χ0v) is 21.6. The number of H-pyrrole nitrogens is 1. The van der Waals surface area contributed by atoms with Crippen molar-refractivity contribution in [2.75, 3.05) is 12.8 Å². The molecular weight excluding hydrogens is 590 g/mol. The van der Waals surface area contributed by atoms with Gasteiger partial charge in [0.2, 0.25) is 10.0 Å². The normalized spacial score (nSPS) is 16.1. The van der Waals surface area contributed by atoms with E-state index in [1.807, 2.05) is 0 Å². The number of carbonyl (C=O) groups excluding carboxylic acids is 3. The fourth-order valence-corrected chi connectivity index (χ4v) is 5.33. The first-order chi connectivity index (χ1) is 18.4. The SMILES string of the molecule is CS(=O)(=O)NC(=O)CN1C(=O)S/C(=C(/Cc2ccc(C(F)(F)F)cc2C(F)(F)F)c2ccc3[nH]ncc3c2)C1=O. The standard InChI is InChI=1S/C23H16F6N4O5S2/c1-40(37,38)32-18(34)10-33-20(35)19(39-21(33)36)15(11-3-5-17-13(6-11)9-30-31-17)7-12-2-4-14(22(24,25)26)8-16(12)23(27,28)29/h2-6,8-9H,7,10H2,1H3,(H,30,31)(H,32,34)/b19-15-. The minimum Gasteiger partial charge on any atom is -0.278 e. The smallest absolute Gasteiger partial charge is 0.278 e. The maximum absolute atomic E-state index is 13.9. The average Bonchev–Trinajstić information content (AvgIpc) is 3.39. The first kappa shape index (κ1) is 29.1. The third-order valence-electron chi connectivity index (χ3n) is 5.62. The molecular formula is C23H16F6N4O5S2. The van der Waals surface area contributed by atoms with Crippen LogP contribution in [-0.2, 0) is 38.4 Å². The van der Waals surface area contributed by atoms with Crippen LogP contribution in [0.15, 0.2) is 47.5 Å². The number of benzene rings is 2. The van der Waals surface area contributed by atoms with Gasteiger partial charge in [-0.15, -0.1) is 0 Å². The molecule has 3 amide bonds. The number of rotatable bonds is 6. The number of aromatic nitrogens is 2. The molecule has 0 spiro atoms. The second-order valence-electron chi connectivity index (χ2n) is 8.58. The number of alkyl halides is 6. The van der Waals surface area contributed by atoms with Crippen LogP contribution in [0, 0.1) is 0 Å². The topological polar surface area (TPSA) is 129 Å². The van der Waals surface area contributed by atoms with Gasteiger partial charge in [0.1, 0.15) is 6.54 Å². The molecule has 0 radical (unpaired) electrons. The highest BCUT2D eigenvalue weighted by Gasteiger charge is 2.41. The predicted molar refractivity (Wildman–Crippen MR) is 131 cm³/mol. The van der Waals surface area contributed by atoms with Gasteiger partial charge in [0.05, 0.1) is 34.0 Å². The van der Waals surface area contributed by atoms with Crippen molar-refractivity contribution in [1.29, 1.82) is 0 Å². The number of sulfonamides is 1. The summed E-state index contributed by atoms with van der Waals surface area (Å²) in [5.41, 5.74) is -3.17. The van der Waals surface area contributed by atoms with E-state index in [0.717, 1.165) is 0 Å². The van der Waals surface area contributed by atoms with E-state index in [4.69, 9.17) is 0 Å². The molecule has 2 aromatic carbocycles. The monoisotopic (exact) mass is 606 g/mol. The molecule has 212 valence electrons. The highest BCUT2D eigenvalue weighted by atomic mass is 32.2. The van der Waals surface area contributed by atoms with Crippen molar-refractivity contribution in [3.8, 4) is 0 Å². The van der Waals surface area contributed by atoms with Crippen molar-refractivity contribution in [3.63, 3.8) is 0 Å². The summed E-state index contributed by atoms with van der Waals surface area (Å²) in [7, 11) is -4.02. The minimum atomic E-state index is -5.20. The molecule has 1 aliphatic rings. The first-order valence-electron chi connectivity index (χ1n) is 10.9. The summed E-state index contributed by atoms with van der Waals surface area (Å²) in [5, 5.41) is 5.98. The molecule has 0 bridgehead atoms. The van der Waals surface area contributed by atoms with Gasteiger partial charge >= 0.3 is 12.4 Å². The molecule has 0 aliphatic carbocycles. The number of carbonyl (C=O) groups is 3. The van der Waals surface area contributed by atoms with Crippen LogP contribution < -0.4 is 4.72 Å². The van der Waals surface area contributed by atoms with E-state index < -0.39 is 69.1 Å². The molecule has 0 saturated carbocycles. The van der Waals surface area contributed by atoms with Gasteiger partial charge in [-0.05, 0) is 59.1 Å². The highest BCUT2D eigenvalue weighted by molar-refractivity contribution is 8.18. The molecule has 40 heavy (non-hydrogen) atoms. The van der Waals surface area contributed by atoms with Crippen LogP contribution in [0.5, 0.6) is 0 Å². The third kappa shape index (κ3) is 6.30. The Balaban J connectivity index is 1.84. The first-order valence-corrected chi connectivity index (χ1v) is 13.6. The molecule has 2 heterocycles.